The van der Waals surface area contributed by atoms with Crippen LogP contribution in [0.4, 0.5) is 22.0 Å². The molecule has 0 saturated carbocycles. The number of epoxide rings is 1. The van der Waals surface area contributed by atoms with Gasteiger partial charge in [0.15, 0.2) is 0 Å². The van der Waals surface area contributed by atoms with E-state index in [1.165, 1.54) is 18.2 Å². The second kappa shape index (κ2) is 6.51. The molecule has 4 rings (SSSR count). The predicted octanol–water partition coefficient (Wildman–Crippen LogP) is 3.82. The molecule has 152 valence electrons. The number of halogens is 5. The molecule has 1 aromatic heterocycles. The molecule has 5 nitrogen and oxygen atoms in total. The lowest BCUT2D eigenvalue weighted by Gasteiger charge is -2.20. The van der Waals surface area contributed by atoms with Crippen molar-refractivity contribution in [2.75, 3.05) is 6.61 Å². The Morgan fingerprint density at radius 1 is 1.17 bits per heavy atom. The quantitative estimate of drug-likeness (QED) is 0.485. The minimum atomic E-state index is -4.56. The third-order valence-corrected chi connectivity index (χ3v) is 5.03. The zero-order chi connectivity index (χ0) is 21.0. The van der Waals surface area contributed by atoms with Gasteiger partial charge < -0.3 is 4.74 Å². The van der Waals surface area contributed by atoms with Gasteiger partial charge in [-0.15, -0.1) is 0 Å². The fourth-order valence-electron chi connectivity index (χ4n) is 3.32. The van der Waals surface area contributed by atoms with E-state index >= 15 is 0 Å². The molecule has 10 heteroatoms. The second-order valence-electron chi connectivity index (χ2n) is 6.75. The first-order valence-corrected chi connectivity index (χ1v) is 8.57. The summed E-state index contributed by atoms with van der Waals surface area (Å²) in [6.07, 6.45) is -3.47. The lowest BCUT2D eigenvalue weighted by molar-refractivity contribution is -0.137. The molecule has 2 aromatic carbocycles. The molecule has 1 fully saturated rings. The molecule has 3 aromatic rings. The Morgan fingerprint density at radius 3 is 2.52 bits per heavy atom. The Balaban J connectivity index is 1.72. The van der Waals surface area contributed by atoms with Crippen molar-refractivity contribution in [1.29, 1.82) is 0 Å². The van der Waals surface area contributed by atoms with E-state index in [-0.39, 0.29) is 17.9 Å². The Hall–Kier alpha value is -3.01. The van der Waals surface area contributed by atoms with Crippen LogP contribution in [0.2, 0.25) is 0 Å². The molecule has 0 amide bonds. The van der Waals surface area contributed by atoms with Gasteiger partial charge in [0, 0.05) is 11.6 Å². The largest absolute Gasteiger partial charge is 0.416 e. The molecule has 1 aliphatic rings. The standard InChI is InChI=1S/C19H14F5N3O2/c1-11(18(9-29-18)15-6-5-13(20)8-16(15)21)27-17(28)26(10-25-27)14-4-2-3-12(7-14)19(22,23)24/h2-8,10-11H,9H2,1H3/t11-,18-/m1/s1. The molecule has 0 bridgehead atoms. The minimum Gasteiger partial charge on any atom is -0.362 e. The normalized spacial score (nSPS) is 19.9. The van der Waals surface area contributed by atoms with E-state index in [1.54, 1.807) is 6.92 Å². The van der Waals surface area contributed by atoms with E-state index in [1.807, 2.05) is 0 Å². The highest BCUT2D eigenvalue weighted by atomic mass is 19.4. The first kappa shape index (κ1) is 19.3. The number of hydrogen-bond acceptors (Lipinski definition) is 3. The van der Waals surface area contributed by atoms with Crippen molar-refractivity contribution >= 4 is 0 Å². The smallest absolute Gasteiger partial charge is 0.362 e. The van der Waals surface area contributed by atoms with Crippen molar-refractivity contribution in [1.82, 2.24) is 14.3 Å². The highest BCUT2D eigenvalue weighted by Gasteiger charge is 2.54. The lowest BCUT2D eigenvalue weighted by Crippen LogP contribution is -2.34. The maximum absolute atomic E-state index is 14.2. The van der Waals surface area contributed by atoms with Crippen LogP contribution in [0.15, 0.2) is 53.6 Å². The highest BCUT2D eigenvalue weighted by Crippen LogP contribution is 2.48. The lowest BCUT2D eigenvalue weighted by atomic mass is 9.92. The number of aromatic nitrogens is 3. The minimum absolute atomic E-state index is 0.0120. The monoisotopic (exact) mass is 411 g/mol. The van der Waals surface area contributed by atoms with Crippen molar-refractivity contribution in [3.63, 3.8) is 0 Å². The summed E-state index contributed by atoms with van der Waals surface area (Å²) in [6.45, 7) is 1.65. The van der Waals surface area contributed by atoms with Crippen LogP contribution in [0, 0.1) is 11.6 Å². The SMILES string of the molecule is C[C@@H](n1ncn(-c2cccc(C(F)(F)F)c2)c1=O)[C@@]1(c2ccc(F)cc2F)CO1. The summed E-state index contributed by atoms with van der Waals surface area (Å²) in [5, 5.41) is 3.97. The number of rotatable bonds is 4. The van der Waals surface area contributed by atoms with Crippen LogP contribution in [0.5, 0.6) is 0 Å². The summed E-state index contributed by atoms with van der Waals surface area (Å²) in [6, 6.07) is 6.51. The van der Waals surface area contributed by atoms with Crippen molar-refractivity contribution < 1.29 is 26.7 Å². The maximum atomic E-state index is 14.2. The van der Waals surface area contributed by atoms with Crippen LogP contribution in [0.25, 0.3) is 5.69 Å². The highest BCUT2D eigenvalue weighted by molar-refractivity contribution is 5.37. The van der Waals surface area contributed by atoms with Crippen LogP contribution in [-0.2, 0) is 16.5 Å². The van der Waals surface area contributed by atoms with Gasteiger partial charge >= 0.3 is 11.9 Å². The van der Waals surface area contributed by atoms with Gasteiger partial charge in [-0.1, -0.05) is 12.1 Å². The second-order valence-corrected chi connectivity index (χ2v) is 6.75. The van der Waals surface area contributed by atoms with Crippen LogP contribution < -0.4 is 5.69 Å². The van der Waals surface area contributed by atoms with Gasteiger partial charge in [0.2, 0.25) is 0 Å². The average Bonchev–Trinajstić information content (AvgIpc) is 3.37. The van der Waals surface area contributed by atoms with Crippen LogP contribution in [-0.4, -0.2) is 21.0 Å². The first-order valence-electron chi connectivity index (χ1n) is 8.57. The van der Waals surface area contributed by atoms with Gasteiger partial charge in [-0.05, 0) is 31.2 Å². The van der Waals surface area contributed by atoms with Crippen molar-refractivity contribution in [3.05, 3.63) is 82.0 Å². The Morgan fingerprint density at radius 2 is 1.90 bits per heavy atom. The molecule has 29 heavy (non-hydrogen) atoms. The molecule has 0 aliphatic carbocycles. The third-order valence-electron chi connectivity index (χ3n) is 5.03. The zero-order valence-corrected chi connectivity index (χ0v) is 15.0. The van der Waals surface area contributed by atoms with Crippen LogP contribution in [0.3, 0.4) is 0 Å². The van der Waals surface area contributed by atoms with Crippen LogP contribution >= 0.6 is 0 Å². The van der Waals surface area contributed by atoms with Gasteiger partial charge in [-0.3, -0.25) is 0 Å². The molecular weight excluding hydrogens is 397 g/mol. The van der Waals surface area contributed by atoms with E-state index in [4.69, 9.17) is 4.74 Å². The molecule has 0 radical (unpaired) electrons. The summed E-state index contributed by atoms with van der Waals surface area (Å²) in [5.74, 6) is -1.57. The molecule has 1 saturated heterocycles. The summed E-state index contributed by atoms with van der Waals surface area (Å²) in [4.78, 5) is 12.8. The van der Waals surface area contributed by atoms with E-state index in [2.05, 4.69) is 5.10 Å². The maximum Gasteiger partial charge on any atom is 0.416 e. The molecular formula is C19H14F5N3O2. The van der Waals surface area contributed by atoms with Gasteiger partial charge in [0.1, 0.15) is 23.6 Å². The summed E-state index contributed by atoms with van der Waals surface area (Å²) in [7, 11) is 0. The average molecular weight is 411 g/mol. The third kappa shape index (κ3) is 3.23. The van der Waals surface area contributed by atoms with Crippen molar-refractivity contribution in [2.24, 2.45) is 0 Å². The van der Waals surface area contributed by atoms with Gasteiger partial charge in [0.05, 0.1) is 23.9 Å². The molecule has 0 N–H and O–H groups in total. The Labute approximate surface area is 161 Å². The van der Waals surface area contributed by atoms with E-state index in [0.29, 0.717) is 0 Å². The summed E-state index contributed by atoms with van der Waals surface area (Å²) < 4.78 is 73.7. The van der Waals surface area contributed by atoms with E-state index < -0.39 is 40.7 Å². The summed E-state index contributed by atoms with van der Waals surface area (Å²) in [5.41, 5.74) is -2.77. The molecule has 2 heterocycles. The number of alkyl halides is 3. The van der Waals surface area contributed by atoms with Crippen LogP contribution in [0.1, 0.15) is 24.1 Å². The summed E-state index contributed by atoms with van der Waals surface area (Å²) >= 11 is 0. The molecule has 0 spiro atoms. The van der Waals surface area contributed by atoms with E-state index in [9.17, 15) is 26.7 Å². The first-order chi connectivity index (χ1) is 13.6. The van der Waals surface area contributed by atoms with Gasteiger partial charge in [-0.2, -0.15) is 18.3 Å². The predicted molar refractivity (Wildman–Crippen MR) is 91.5 cm³/mol. The number of nitrogens with zero attached hydrogens (tertiary/aromatic N) is 3. The number of ether oxygens (including phenoxy) is 1. The molecule has 0 unspecified atom stereocenters. The topological polar surface area (TPSA) is 52.4 Å². The Kier molecular flexibility index (Phi) is 4.34. The van der Waals surface area contributed by atoms with Gasteiger partial charge in [0.25, 0.3) is 0 Å². The van der Waals surface area contributed by atoms with Crippen molar-refractivity contribution in [2.45, 2.75) is 24.7 Å². The zero-order valence-electron chi connectivity index (χ0n) is 15.0. The number of hydrogen-bond donors (Lipinski definition) is 0. The number of benzene rings is 2. The molecule has 2 atom stereocenters. The fraction of sp³-hybridized carbons (Fsp3) is 0.263. The molecule has 1 aliphatic heterocycles. The fourth-order valence-corrected chi connectivity index (χ4v) is 3.32. The van der Waals surface area contributed by atoms with E-state index in [0.717, 1.165) is 39.8 Å². The Bertz CT molecular complexity index is 1130. The van der Waals surface area contributed by atoms with Crippen molar-refractivity contribution in [3.8, 4) is 5.69 Å². The van der Waals surface area contributed by atoms with Gasteiger partial charge in [-0.25, -0.2) is 22.8 Å².